The number of methoxy groups -OCH3 is 1. The molecule has 0 atom stereocenters. The lowest BCUT2D eigenvalue weighted by atomic mass is 10.2. The van der Waals surface area contributed by atoms with Crippen molar-refractivity contribution in [2.45, 2.75) is 6.92 Å². The van der Waals surface area contributed by atoms with Gasteiger partial charge in [0.25, 0.3) is 0 Å². The predicted molar refractivity (Wildman–Crippen MR) is 68.4 cm³/mol. The number of rotatable bonds is 4. The van der Waals surface area contributed by atoms with E-state index in [1.165, 1.54) is 6.08 Å². The minimum Gasteiger partial charge on any atom is -0.497 e. The van der Waals surface area contributed by atoms with Crippen LogP contribution < -0.4 is 4.74 Å². The standard InChI is InChI=1S/C14H14O4/c1-3-17-14(15)7-5-12-9-10-8-11(16-2)4-6-13(10)18-12/h4-9H,3H2,1-2H3/b7-5+. The highest BCUT2D eigenvalue weighted by Gasteiger charge is 2.03. The number of carbonyl (C=O) groups excluding carboxylic acids is 1. The topological polar surface area (TPSA) is 48.7 Å². The van der Waals surface area contributed by atoms with E-state index < -0.39 is 0 Å². The minimum atomic E-state index is -0.379. The van der Waals surface area contributed by atoms with Crippen LogP contribution in [-0.4, -0.2) is 19.7 Å². The molecule has 0 fully saturated rings. The lowest BCUT2D eigenvalue weighted by molar-refractivity contribution is -0.137. The van der Waals surface area contributed by atoms with Crippen molar-refractivity contribution in [2.75, 3.05) is 13.7 Å². The van der Waals surface area contributed by atoms with Gasteiger partial charge < -0.3 is 13.9 Å². The van der Waals surface area contributed by atoms with Gasteiger partial charge in [-0.1, -0.05) is 0 Å². The predicted octanol–water partition coefficient (Wildman–Crippen LogP) is 3.02. The summed E-state index contributed by atoms with van der Waals surface area (Å²) in [7, 11) is 1.61. The third-order valence-corrected chi connectivity index (χ3v) is 2.41. The Morgan fingerprint density at radius 3 is 2.94 bits per heavy atom. The first kappa shape index (κ1) is 12.2. The maximum absolute atomic E-state index is 11.2. The van der Waals surface area contributed by atoms with Gasteiger partial charge >= 0.3 is 5.97 Å². The summed E-state index contributed by atoms with van der Waals surface area (Å²) in [4.78, 5) is 11.2. The lowest BCUT2D eigenvalue weighted by Crippen LogP contribution is -1.98. The quantitative estimate of drug-likeness (QED) is 0.614. The van der Waals surface area contributed by atoms with Crippen LogP contribution in [0.1, 0.15) is 12.7 Å². The fraction of sp³-hybridized carbons (Fsp3) is 0.214. The lowest BCUT2D eigenvalue weighted by Gasteiger charge is -1.96. The Bertz CT molecular complexity index is 580. The van der Waals surface area contributed by atoms with E-state index in [0.717, 1.165) is 16.7 Å². The number of hydrogen-bond donors (Lipinski definition) is 0. The van der Waals surface area contributed by atoms with Crippen molar-refractivity contribution >= 4 is 23.0 Å². The molecule has 4 nitrogen and oxygen atoms in total. The number of benzene rings is 1. The molecule has 94 valence electrons. The zero-order valence-electron chi connectivity index (χ0n) is 10.3. The first-order valence-electron chi connectivity index (χ1n) is 5.65. The number of ether oxygens (including phenoxy) is 2. The van der Waals surface area contributed by atoms with E-state index in [4.69, 9.17) is 13.9 Å². The summed E-state index contributed by atoms with van der Waals surface area (Å²) in [6.45, 7) is 2.12. The van der Waals surface area contributed by atoms with Gasteiger partial charge in [-0.25, -0.2) is 4.79 Å². The van der Waals surface area contributed by atoms with Crippen LogP contribution in [0.3, 0.4) is 0 Å². The van der Waals surface area contributed by atoms with Gasteiger partial charge in [0.15, 0.2) is 0 Å². The van der Waals surface area contributed by atoms with Gasteiger partial charge in [-0.05, 0) is 37.3 Å². The van der Waals surface area contributed by atoms with Gasteiger partial charge in [0.2, 0.25) is 0 Å². The zero-order chi connectivity index (χ0) is 13.0. The van der Waals surface area contributed by atoms with E-state index in [2.05, 4.69) is 0 Å². The molecule has 0 bridgehead atoms. The molecule has 0 saturated heterocycles. The van der Waals surface area contributed by atoms with Gasteiger partial charge in [0.05, 0.1) is 13.7 Å². The number of fused-ring (bicyclic) bond motifs is 1. The molecule has 0 amide bonds. The minimum absolute atomic E-state index is 0.362. The van der Waals surface area contributed by atoms with Crippen molar-refractivity contribution in [1.82, 2.24) is 0 Å². The summed E-state index contributed by atoms with van der Waals surface area (Å²) in [6, 6.07) is 7.37. The summed E-state index contributed by atoms with van der Waals surface area (Å²) < 4.78 is 15.5. The van der Waals surface area contributed by atoms with Crippen LogP contribution in [0.2, 0.25) is 0 Å². The number of hydrogen-bond acceptors (Lipinski definition) is 4. The number of furan rings is 1. The van der Waals surface area contributed by atoms with E-state index in [1.807, 2.05) is 24.3 Å². The van der Waals surface area contributed by atoms with Crippen molar-refractivity contribution in [1.29, 1.82) is 0 Å². The Hall–Kier alpha value is -2.23. The highest BCUT2D eigenvalue weighted by molar-refractivity contribution is 5.88. The largest absolute Gasteiger partial charge is 0.497 e. The molecule has 4 heteroatoms. The van der Waals surface area contributed by atoms with Crippen molar-refractivity contribution in [3.63, 3.8) is 0 Å². The van der Waals surface area contributed by atoms with E-state index >= 15 is 0 Å². The highest BCUT2D eigenvalue weighted by atomic mass is 16.5. The molecule has 18 heavy (non-hydrogen) atoms. The third kappa shape index (κ3) is 2.71. The van der Waals surface area contributed by atoms with Crippen LogP contribution >= 0.6 is 0 Å². The molecule has 1 heterocycles. The van der Waals surface area contributed by atoms with Crippen molar-refractivity contribution in [2.24, 2.45) is 0 Å². The molecule has 1 aromatic heterocycles. The maximum Gasteiger partial charge on any atom is 0.330 e. The Kier molecular flexibility index (Phi) is 3.67. The van der Waals surface area contributed by atoms with E-state index in [1.54, 1.807) is 20.1 Å². The third-order valence-electron chi connectivity index (χ3n) is 2.41. The molecular formula is C14H14O4. The van der Waals surface area contributed by atoms with Crippen LogP contribution in [0.4, 0.5) is 0 Å². The van der Waals surface area contributed by atoms with Gasteiger partial charge in [0, 0.05) is 11.5 Å². The summed E-state index contributed by atoms with van der Waals surface area (Å²) >= 11 is 0. The van der Waals surface area contributed by atoms with Crippen LogP contribution in [0.15, 0.2) is 34.8 Å². The van der Waals surface area contributed by atoms with Crippen molar-refractivity contribution in [3.8, 4) is 5.75 Å². The van der Waals surface area contributed by atoms with Gasteiger partial charge in [-0.2, -0.15) is 0 Å². The average molecular weight is 246 g/mol. The highest BCUT2D eigenvalue weighted by Crippen LogP contribution is 2.24. The molecule has 0 aliphatic rings. The smallest absolute Gasteiger partial charge is 0.330 e. The fourth-order valence-corrected chi connectivity index (χ4v) is 1.59. The van der Waals surface area contributed by atoms with Gasteiger partial charge in [-0.15, -0.1) is 0 Å². The summed E-state index contributed by atoms with van der Waals surface area (Å²) in [6.07, 6.45) is 2.93. The molecule has 1 aromatic carbocycles. The second-order valence-electron chi connectivity index (χ2n) is 3.64. The number of carbonyl (C=O) groups is 1. The molecule has 0 saturated carbocycles. The van der Waals surface area contributed by atoms with Gasteiger partial charge in [0.1, 0.15) is 17.1 Å². The Balaban J connectivity index is 2.22. The van der Waals surface area contributed by atoms with Crippen LogP contribution in [-0.2, 0) is 9.53 Å². The van der Waals surface area contributed by atoms with Crippen LogP contribution in [0.25, 0.3) is 17.0 Å². The first-order valence-corrected chi connectivity index (χ1v) is 5.65. The molecule has 0 aliphatic carbocycles. The van der Waals surface area contributed by atoms with Crippen molar-refractivity contribution < 1.29 is 18.7 Å². The fourth-order valence-electron chi connectivity index (χ4n) is 1.59. The molecular weight excluding hydrogens is 232 g/mol. The number of esters is 1. The molecule has 0 N–H and O–H groups in total. The van der Waals surface area contributed by atoms with E-state index in [0.29, 0.717) is 12.4 Å². The van der Waals surface area contributed by atoms with Crippen LogP contribution in [0, 0.1) is 0 Å². The Morgan fingerprint density at radius 2 is 2.22 bits per heavy atom. The second kappa shape index (κ2) is 5.40. The molecule has 2 aromatic rings. The molecule has 0 radical (unpaired) electrons. The first-order chi connectivity index (χ1) is 8.72. The normalized spacial score (nSPS) is 11.0. The molecule has 2 rings (SSSR count). The molecule has 0 spiro atoms. The summed E-state index contributed by atoms with van der Waals surface area (Å²) in [5, 5.41) is 0.929. The summed E-state index contributed by atoms with van der Waals surface area (Å²) in [5.41, 5.74) is 0.749. The van der Waals surface area contributed by atoms with Gasteiger partial charge in [-0.3, -0.25) is 0 Å². The second-order valence-corrected chi connectivity index (χ2v) is 3.64. The Morgan fingerprint density at radius 1 is 1.39 bits per heavy atom. The Labute approximate surface area is 105 Å². The zero-order valence-corrected chi connectivity index (χ0v) is 10.3. The van der Waals surface area contributed by atoms with Crippen molar-refractivity contribution in [3.05, 3.63) is 36.1 Å². The average Bonchev–Trinajstić information content (AvgIpc) is 2.78. The maximum atomic E-state index is 11.2. The molecule has 0 unspecified atom stereocenters. The summed E-state index contributed by atoms with van der Waals surface area (Å²) in [5.74, 6) is 0.992. The SMILES string of the molecule is CCOC(=O)/C=C/c1cc2cc(OC)ccc2o1. The van der Waals surface area contributed by atoms with Crippen LogP contribution in [0.5, 0.6) is 5.75 Å². The molecule has 0 aliphatic heterocycles. The van der Waals surface area contributed by atoms with E-state index in [9.17, 15) is 4.79 Å². The van der Waals surface area contributed by atoms with E-state index in [-0.39, 0.29) is 5.97 Å². The monoisotopic (exact) mass is 246 g/mol.